The minimum atomic E-state index is 0.300. The van der Waals surface area contributed by atoms with Crippen molar-refractivity contribution in [3.63, 3.8) is 0 Å². The third kappa shape index (κ3) is 4.06. The topological polar surface area (TPSA) is 38.0 Å². The molecule has 1 heterocycles. The summed E-state index contributed by atoms with van der Waals surface area (Å²) in [5.74, 6) is 5.62. The average Bonchev–Trinajstić information content (AvgIpc) is 2.84. The van der Waals surface area contributed by atoms with Crippen molar-refractivity contribution in [3.05, 3.63) is 55.8 Å². The fourth-order valence-corrected chi connectivity index (χ4v) is 2.91. The minimum Gasteiger partial charge on any atom is -0.271 e. The third-order valence-electron chi connectivity index (χ3n) is 2.66. The lowest BCUT2D eigenvalue weighted by Gasteiger charge is -2.15. The molecule has 2 rings (SSSR count). The first-order valence-electron chi connectivity index (χ1n) is 5.51. The second-order valence-electron chi connectivity index (χ2n) is 3.98. The van der Waals surface area contributed by atoms with Gasteiger partial charge in [0.2, 0.25) is 0 Å². The van der Waals surface area contributed by atoms with E-state index < -0.39 is 0 Å². The van der Waals surface area contributed by atoms with Crippen LogP contribution in [0.25, 0.3) is 0 Å². The van der Waals surface area contributed by atoms with E-state index in [0.29, 0.717) is 6.04 Å². The summed E-state index contributed by atoms with van der Waals surface area (Å²) in [6, 6.07) is 13.1. The number of halogens is 1. The monoisotopic (exact) mass is 358 g/mol. The maximum absolute atomic E-state index is 5.62. The van der Waals surface area contributed by atoms with Gasteiger partial charge in [0.1, 0.15) is 0 Å². The Hall–Kier alpha value is -0.430. The van der Waals surface area contributed by atoms with Crippen molar-refractivity contribution < 1.29 is 0 Å². The zero-order valence-electron chi connectivity index (χ0n) is 9.40. The standard InChI is InChI=1S/C13H15IN2S/c14-11-5-3-10(4-6-11)8-12(16-15)9-13-2-1-7-17-13/h1-7,12,16H,8-9,15H2. The molecular formula is C13H15IN2S. The largest absolute Gasteiger partial charge is 0.271 e. The highest BCUT2D eigenvalue weighted by Crippen LogP contribution is 2.14. The molecule has 0 aliphatic rings. The summed E-state index contributed by atoms with van der Waals surface area (Å²) in [6.45, 7) is 0. The maximum atomic E-state index is 5.62. The molecule has 2 nitrogen and oxygen atoms in total. The number of nitrogens with one attached hydrogen (secondary N) is 1. The Bertz CT molecular complexity index is 439. The predicted octanol–water partition coefficient (Wildman–Crippen LogP) is 2.97. The van der Waals surface area contributed by atoms with Crippen LogP contribution in [-0.2, 0) is 12.8 Å². The molecule has 0 bridgehead atoms. The van der Waals surface area contributed by atoms with Gasteiger partial charge in [0.05, 0.1) is 0 Å². The Morgan fingerprint density at radius 2 is 1.94 bits per heavy atom. The molecule has 17 heavy (non-hydrogen) atoms. The third-order valence-corrected chi connectivity index (χ3v) is 4.28. The molecule has 1 aromatic carbocycles. The summed E-state index contributed by atoms with van der Waals surface area (Å²) in [5.41, 5.74) is 4.23. The highest BCUT2D eigenvalue weighted by Gasteiger charge is 2.09. The number of hydrazine groups is 1. The molecule has 90 valence electrons. The first kappa shape index (κ1) is 13.0. The molecule has 0 fully saturated rings. The van der Waals surface area contributed by atoms with Crippen LogP contribution in [-0.4, -0.2) is 6.04 Å². The van der Waals surface area contributed by atoms with E-state index in [0.717, 1.165) is 12.8 Å². The summed E-state index contributed by atoms with van der Waals surface area (Å²) < 4.78 is 1.27. The second kappa shape index (κ2) is 6.49. The Morgan fingerprint density at radius 3 is 2.53 bits per heavy atom. The van der Waals surface area contributed by atoms with Gasteiger partial charge < -0.3 is 0 Å². The number of thiophene rings is 1. The molecule has 1 unspecified atom stereocenters. The Morgan fingerprint density at radius 1 is 1.18 bits per heavy atom. The number of hydrogen-bond acceptors (Lipinski definition) is 3. The Labute approximate surface area is 119 Å². The zero-order chi connectivity index (χ0) is 12.1. The summed E-state index contributed by atoms with van der Waals surface area (Å²) in [7, 11) is 0. The van der Waals surface area contributed by atoms with Crippen LogP contribution in [0.2, 0.25) is 0 Å². The van der Waals surface area contributed by atoms with Gasteiger partial charge in [0, 0.05) is 14.5 Å². The van der Waals surface area contributed by atoms with E-state index in [1.165, 1.54) is 14.0 Å². The van der Waals surface area contributed by atoms with Gasteiger partial charge in [-0.05, 0) is 64.6 Å². The van der Waals surface area contributed by atoms with Gasteiger partial charge in [-0.3, -0.25) is 11.3 Å². The Balaban J connectivity index is 1.97. The molecule has 0 amide bonds. The first-order valence-corrected chi connectivity index (χ1v) is 7.46. The number of benzene rings is 1. The molecule has 0 saturated heterocycles. The lowest BCUT2D eigenvalue weighted by atomic mass is 10.0. The van der Waals surface area contributed by atoms with Gasteiger partial charge >= 0.3 is 0 Å². The SMILES string of the molecule is NNC(Cc1ccc(I)cc1)Cc1cccs1. The van der Waals surface area contributed by atoms with Gasteiger partial charge in [-0.15, -0.1) is 11.3 Å². The van der Waals surface area contributed by atoms with E-state index >= 15 is 0 Å². The van der Waals surface area contributed by atoms with Crippen molar-refractivity contribution in [1.29, 1.82) is 0 Å². The molecule has 1 atom stereocenters. The fourth-order valence-electron chi connectivity index (χ4n) is 1.77. The van der Waals surface area contributed by atoms with Crippen LogP contribution in [0.3, 0.4) is 0 Å². The van der Waals surface area contributed by atoms with Crippen LogP contribution < -0.4 is 11.3 Å². The van der Waals surface area contributed by atoms with E-state index in [1.54, 1.807) is 11.3 Å². The second-order valence-corrected chi connectivity index (χ2v) is 6.26. The van der Waals surface area contributed by atoms with E-state index in [1.807, 2.05) is 0 Å². The first-order chi connectivity index (χ1) is 8.28. The lowest BCUT2D eigenvalue weighted by molar-refractivity contribution is 0.525. The van der Waals surface area contributed by atoms with Gasteiger partial charge in [0.25, 0.3) is 0 Å². The Kier molecular flexibility index (Phi) is 4.97. The van der Waals surface area contributed by atoms with Crippen LogP contribution >= 0.6 is 33.9 Å². The minimum absolute atomic E-state index is 0.300. The van der Waals surface area contributed by atoms with Crippen LogP contribution in [0.15, 0.2) is 41.8 Å². The number of rotatable bonds is 5. The lowest BCUT2D eigenvalue weighted by Crippen LogP contribution is -2.38. The molecule has 0 spiro atoms. The number of nitrogens with two attached hydrogens (primary N) is 1. The number of hydrogen-bond donors (Lipinski definition) is 2. The van der Waals surface area contributed by atoms with E-state index in [9.17, 15) is 0 Å². The van der Waals surface area contributed by atoms with E-state index in [-0.39, 0.29) is 0 Å². The smallest absolute Gasteiger partial charge is 0.0299 e. The van der Waals surface area contributed by atoms with Crippen molar-refractivity contribution in [2.24, 2.45) is 5.84 Å². The molecule has 3 N–H and O–H groups in total. The average molecular weight is 358 g/mol. The van der Waals surface area contributed by atoms with E-state index in [4.69, 9.17) is 5.84 Å². The molecule has 2 aromatic rings. The molecule has 1 aromatic heterocycles. The molecule has 0 aliphatic heterocycles. The highest BCUT2D eigenvalue weighted by molar-refractivity contribution is 14.1. The predicted molar refractivity (Wildman–Crippen MR) is 82.0 cm³/mol. The molecule has 0 aliphatic carbocycles. The summed E-state index contributed by atoms with van der Waals surface area (Å²) >= 11 is 4.10. The van der Waals surface area contributed by atoms with Gasteiger partial charge in [-0.1, -0.05) is 18.2 Å². The van der Waals surface area contributed by atoms with Crippen LogP contribution in [0.1, 0.15) is 10.4 Å². The van der Waals surface area contributed by atoms with Crippen molar-refractivity contribution in [1.82, 2.24) is 5.43 Å². The highest BCUT2D eigenvalue weighted by atomic mass is 127. The normalized spacial score (nSPS) is 12.6. The van der Waals surface area contributed by atoms with Crippen molar-refractivity contribution in [3.8, 4) is 0 Å². The quantitative estimate of drug-likeness (QED) is 0.490. The molecule has 0 saturated carbocycles. The van der Waals surface area contributed by atoms with Gasteiger partial charge in [0.15, 0.2) is 0 Å². The van der Waals surface area contributed by atoms with Crippen LogP contribution in [0, 0.1) is 3.57 Å². The zero-order valence-corrected chi connectivity index (χ0v) is 12.4. The summed E-state index contributed by atoms with van der Waals surface area (Å²) in [4.78, 5) is 1.37. The van der Waals surface area contributed by atoms with Crippen LogP contribution in [0.5, 0.6) is 0 Å². The van der Waals surface area contributed by atoms with Gasteiger partial charge in [-0.25, -0.2) is 0 Å². The fraction of sp³-hybridized carbons (Fsp3) is 0.231. The maximum Gasteiger partial charge on any atom is 0.0299 e. The van der Waals surface area contributed by atoms with Crippen molar-refractivity contribution in [2.75, 3.05) is 0 Å². The van der Waals surface area contributed by atoms with Crippen molar-refractivity contribution in [2.45, 2.75) is 18.9 Å². The van der Waals surface area contributed by atoms with E-state index in [2.05, 4.69) is 69.8 Å². The molecule has 4 heteroatoms. The van der Waals surface area contributed by atoms with Crippen LogP contribution in [0.4, 0.5) is 0 Å². The summed E-state index contributed by atoms with van der Waals surface area (Å²) in [5, 5.41) is 2.10. The van der Waals surface area contributed by atoms with Gasteiger partial charge in [-0.2, -0.15) is 0 Å². The molecule has 0 radical (unpaired) electrons. The molecular weight excluding hydrogens is 343 g/mol. The van der Waals surface area contributed by atoms with Crippen molar-refractivity contribution >= 4 is 33.9 Å². The summed E-state index contributed by atoms with van der Waals surface area (Å²) in [6.07, 6.45) is 1.95.